The van der Waals surface area contributed by atoms with E-state index in [2.05, 4.69) is 20.8 Å². The van der Waals surface area contributed by atoms with Crippen molar-refractivity contribution in [3.8, 4) is 0 Å². The van der Waals surface area contributed by atoms with Crippen LogP contribution in [0.2, 0.25) is 0 Å². The number of para-hydroxylation sites is 1. The second-order valence-electron chi connectivity index (χ2n) is 4.80. The lowest BCUT2D eigenvalue weighted by atomic mass is 10.1. The van der Waals surface area contributed by atoms with Crippen LogP contribution in [0, 0.1) is 13.8 Å². The van der Waals surface area contributed by atoms with E-state index in [1.807, 2.05) is 6.92 Å². The molecule has 22 heavy (non-hydrogen) atoms. The van der Waals surface area contributed by atoms with Gasteiger partial charge in [-0.1, -0.05) is 18.2 Å². The van der Waals surface area contributed by atoms with Crippen LogP contribution in [0.4, 0.5) is 11.4 Å². The molecule has 0 bridgehead atoms. The average Bonchev–Trinajstić information content (AvgIpc) is 2.80. The lowest BCUT2D eigenvalue weighted by molar-refractivity contribution is -0.111. The van der Waals surface area contributed by atoms with Gasteiger partial charge in [0.15, 0.2) is 0 Å². The van der Waals surface area contributed by atoms with Crippen LogP contribution in [0.15, 0.2) is 36.4 Å². The first-order chi connectivity index (χ1) is 10.5. The molecule has 2 rings (SSSR count). The van der Waals surface area contributed by atoms with Crippen molar-refractivity contribution in [2.24, 2.45) is 0 Å². The van der Waals surface area contributed by atoms with Crippen molar-refractivity contribution in [3.63, 3.8) is 0 Å². The molecule has 6 nitrogen and oxygen atoms in total. The number of nitrogens with one attached hydrogen (secondary N) is 3. The zero-order valence-electron chi connectivity index (χ0n) is 12.7. The molecule has 0 aliphatic heterocycles. The summed E-state index contributed by atoms with van der Waals surface area (Å²) in [5.41, 5.74) is 2.99. The molecule has 1 heterocycles. The van der Waals surface area contributed by atoms with Gasteiger partial charge < -0.3 is 10.6 Å². The molecule has 0 unspecified atom stereocenters. The Morgan fingerprint density at radius 1 is 1.18 bits per heavy atom. The molecule has 0 saturated carbocycles. The molecule has 0 fully saturated rings. The van der Waals surface area contributed by atoms with Crippen LogP contribution in [-0.4, -0.2) is 22.0 Å². The molecule has 2 amide bonds. The maximum Gasteiger partial charge on any atom is 0.257 e. The van der Waals surface area contributed by atoms with Crippen LogP contribution in [0.1, 0.15) is 28.7 Å². The highest BCUT2D eigenvalue weighted by atomic mass is 16.2. The number of benzene rings is 1. The Kier molecular flexibility index (Phi) is 4.73. The molecule has 0 spiro atoms. The van der Waals surface area contributed by atoms with Gasteiger partial charge in [0.05, 0.1) is 28.3 Å². The monoisotopic (exact) mass is 298 g/mol. The van der Waals surface area contributed by atoms with Gasteiger partial charge in [-0.05, 0) is 39.0 Å². The van der Waals surface area contributed by atoms with Crippen molar-refractivity contribution in [1.29, 1.82) is 0 Å². The van der Waals surface area contributed by atoms with Gasteiger partial charge in [-0.3, -0.25) is 14.7 Å². The number of carbonyl (C=O) groups excluding carboxylic acids is 2. The second kappa shape index (κ2) is 6.71. The van der Waals surface area contributed by atoms with E-state index in [4.69, 9.17) is 0 Å². The Hall–Kier alpha value is -2.89. The minimum atomic E-state index is -0.302. The smallest absolute Gasteiger partial charge is 0.257 e. The van der Waals surface area contributed by atoms with Gasteiger partial charge in [-0.15, -0.1) is 0 Å². The first kappa shape index (κ1) is 15.5. The van der Waals surface area contributed by atoms with Crippen LogP contribution in [0.3, 0.4) is 0 Å². The number of allylic oxidation sites excluding steroid dienone is 1. The molecular weight excluding hydrogens is 280 g/mol. The second-order valence-corrected chi connectivity index (χ2v) is 4.80. The molecule has 1 aromatic carbocycles. The maximum atomic E-state index is 12.5. The third kappa shape index (κ3) is 3.41. The molecule has 3 N–H and O–H groups in total. The Balaban J connectivity index is 2.25. The number of H-pyrrole nitrogens is 1. The molecular formula is C16H18N4O2. The summed E-state index contributed by atoms with van der Waals surface area (Å²) in [4.78, 5) is 24.1. The molecule has 114 valence electrons. The molecule has 0 radical (unpaired) electrons. The highest BCUT2D eigenvalue weighted by Crippen LogP contribution is 2.20. The summed E-state index contributed by atoms with van der Waals surface area (Å²) in [7, 11) is 0. The van der Waals surface area contributed by atoms with Crippen LogP contribution < -0.4 is 10.6 Å². The van der Waals surface area contributed by atoms with Gasteiger partial charge in [0.1, 0.15) is 0 Å². The van der Waals surface area contributed by atoms with E-state index in [0.717, 1.165) is 5.69 Å². The number of aromatic amines is 1. The fourth-order valence-corrected chi connectivity index (χ4v) is 2.03. The van der Waals surface area contributed by atoms with Crippen molar-refractivity contribution < 1.29 is 9.59 Å². The first-order valence-corrected chi connectivity index (χ1v) is 6.88. The lowest BCUT2D eigenvalue weighted by Gasteiger charge is -2.10. The molecule has 6 heteroatoms. The van der Waals surface area contributed by atoms with Gasteiger partial charge in [0.25, 0.3) is 5.91 Å². The normalized spacial score (nSPS) is 10.7. The zero-order valence-corrected chi connectivity index (χ0v) is 12.7. The third-order valence-electron chi connectivity index (χ3n) is 3.11. The SMILES string of the molecule is C/C=C/C(=O)Nc1ccccc1C(=O)Nc1c(C)n[nH]c1C. The third-order valence-corrected chi connectivity index (χ3v) is 3.11. The summed E-state index contributed by atoms with van der Waals surface area (Å²) in [5.74, 6) is -0.581. The van der Waals surface area contributed by atoms with Gasteiger partial charge in [0, 0.05) is 0 Å². The summed E-state index contributed by atoms with van der Waals surface area (Å²) in [6.45, 7) is 5.39. The first-order valence-electron chi connectivity index (χ1n) is 6.88. The van der Waals surface area contributed by atoms with Gasteiger partial charge in [-0.25, -0.2) is 0 Å². The van der Waals surface area contributed by atoms with E-state index in [0.29, 0.717) is 22.6 Å². The molecule has 2 aromatic rings. The van der Waals surface area contributed by atoms with Crippen molar-refractivity contribution in [2.75, 3.05) is 10.6 Å². The largest absolute Gasteiger partial charge is 0.322 e. The highest BCUT2D eigenvalue weighted by molar-refractivity contribution is 6.11. The van der Waals surface area contributed by atoms with E-state index in [-0.39, 0.29) is 11.8 Å². The molecule has 0 aliphatic carbocycles. The topological polar surface area (TPSA) is 86.9 Å². The summed E-state index contributed by atoms with van der Waals surface area (Å²) >= 11 is 0. The van der Waals surface area contributed by atoms with E-state index in [1.54, 1.807) is 44.2 Å². The average molecular weight is 298 g/mol. The Morgan fingerprint density at radius 3 is 2.55 bits per heavy atom. The molecule has 0 saturated heterocycles. The maximum absolute atomic E-state index is 12.5. The number of amides is 2. The number of aryl methyl sites for hydroxylation is 2. The van der Waals surface area contributed by atoms with Gasteiger partial charge >= 0.3 is 0 Å². The summed E-state index contributed by atoms with van der Waals surface area (Å²) < 4.78 is 0. The standard InChI is InChI=1S/C16H18N4O2/c1-4-7-14(21)17-13-9-6-5-8-12(13)16(22)18-15-10(2)19-20-11(15)3/h4-9H,1-3H3,(H,17,21)(H,18,22)(H,19,20)/b7-4+. The van der Waals surface area contributed by atoms with Crippen molar-refractivity contribution in [1.82, 2.24) is 10.2 Å². The van der Waals surface area contributed by atoms with Crippen LogP contribution in [-0.2, 0) is 4.79 Å². The predicted octanol–water partition coefficient (Wildman–Crippen LogP) is 2.79. The summed E-state index contributed by atoms with van der Waals surface area (Å²) in [5, 5.41) is 12.4. The van der Waals surface area contributed by atoms with E-state index in [1.165, 1.54) is 6.08 Å². The fourth-order valence-electron chi connectivity index (χ4n) is 2.03. The van der Waals surface area contributed by atoms with Crippen LogP contribution in [0.5, 0.6) is 0 Å². The zero-order chi connectivity index (χ0) is 16.1. The number of aromatic nitrogens is 2. The number of anilines is 2. The van der Waals surface area contributed by atoms with E-state index < -0.39 is 0 Å². The van der Waals surface area contributed by atoms with Crippen molar-refractivity contribution in [3.05, 3.63) is 53.4 Å². The number of hydrogen-bond acceptors (Lipinski definition) is 3. The number of nitrogens with zero attached hydrogens (tertiary/aromatic N) is 1. The fraction of sp³-hybridized carbons (Fsp3) is 0.188. The summed E-state index contributed by atoms with van der Waals surface area (Å²) in [6, 6.07) is 6.85. The minimum absolute atomic E-state index is 0.279. The Labute approximate surface area is 128 Å². The number of carbonyl (C=O) groups is 2. The highest BCUT2D eigenvalue weighted by Gasteiger charge is 2.15. The molecule has 0 aliphatic rings. The van der Waals surface area contributed by atoms with E-state index >= 15 is 0 Å². The summed E-state index contributed by atoms with van der Waals surface area (Å²) in [6.07, 6.45) is 3.04. The predicted molar refractivity (Wildman–Crippen MR) is 85.9 cm³/mol. The van der Waals surface area contributed by atoms with E-state index in [9.17, 15) is 9.59 Å². The van der Waals surface area contributed by atoms with Crippen molar-refractivity contribution >= 4 is 23.2 Å². The van der Waals surface area contributed by atoms with Crippen LogP contribution in [0.25, 0.3) is 0 Å². The molecule has 0 atom stereocenters. The van der Waals surface area contributed by atoms with Crippen molar-refractivity contribution in [2.45, 2.75) is 20.8 Å². The lowest BCUT2D eigenvalue weighted by Crippen LogP contribution is -2.17. The Bertz CT molecular complexity index is 712. The van der Waals surface area contributed by atoms with Gasteiger partial charge in [-0.2, -0.15) is 5.10 Å². The Morgan fingerprint density at radius 2 is 1.91 bits per heavy atom. The molecule has 1 aromatic heterocycles. The quantitative estimate of drug-likeness (QED) is 0.758. The minimum Gasteiger partial charge on any atom is -0.322 e. The number of hydrogen-bond donors (Lipinski definition) is 3. The van der Waals surface area contributed by atoms with Gasteiger partial charge in [0.2, 0.25) is 5.91 Å². The van der Waals surface area contributed by atoms with Crippen LogP contribution >= 0.6 is 0 Å². The number of rotatable bonds is 4.